The molecule has 0 bridgehead atoms. The van der Waals surface area contributed by atoms with Crippen molar-refractivity contribution in [1.82, 2.24) is 14.8 Å². The molecule has 0 saturated heterocycles. The molecule has 8 heteroatoms. The van der Waals surface area contributed by atoms with E-state index in [4.69, 9.17) is 22.1 Å². The number of hydrogen-bond acceptors (Lipinski definition) is 5. The summed E-state index contributed by atoms with van der Waals surface area (Å²) in [5.41, 5.74) is 6.14. The molecule has 2 N–H and O–H groups in total. The van der Waals surface area contributed by atoms with E-state index in [1.165, 1.54) is 11.8 Å². The molecule has 1 atom stereocenters. The fraction of sp³-hybridized carbons (Fsp3) is 0.400. The van der Waals surface area contributed by atoms with Crippen LogP contribution >= 0.6 is 23.4 Å². The van der Waals surface area contributed by atoms with Gasteiger partial charge in [0.05, 0.1) is 10.3 Å². The Morgan fingerprint density at radius 2 is 2.17 bits per heavy atom. The number of rotatable bonds is 8. The smallest absolute Gasteiger partial charge is 0.230 e. The minimum Gasteiger partial charge on any atom is -0.385 e. The minimum atomic E-state index is -0.389. The Labute approximate surface area is 144 Å². The van der Waals surface area contributed by atoms with E-state index in [0.29, 0.717) is 29.2 Å². The fourth-order valence-corrected chi connectivity index (χ4v) is 3.05. The van der Waals surface area contributed by atoms with E-state index in [1.54, 1.807) is 14.0 Å². The molecule has 0 aliphatic heterocycles. The van der Waals surface area contributed by atoms with Crippen molar-refractivity contribution in [3.8, 4) is 11.4 Å². The monoisotopic (exact) mass is 354 g/mol. The summed E-state index contributed by atoms with van der Waals surface area (Å²) in [7, 11) is 1.66. The van der Waals surface area contributed by atoms with Crippen LogP contribution < -0.4 is 5.73 Å². The molecule has 2 rings (SSSR count). The van der Waals surface area contributed by atoms with E-state index in [1.807, 2.05) is 28.8 Å². The van der Waals surface area contributed by atoms with Crippen LogP contribution in [-0.2, 0) is 16.1 Å². The number of nitrogens with two attached hydrogens (primary N) is 1. The highest BCUT2D eigenvalue weighted by Crippen LogP contribution is 2.30. The Balaban J connectivity index is 2.36. The molecule has 6 nitrogen and oxygen atoms in total. The van der Waals surface area contributed by atoms with Gasteiger partial charge in [0.1, 0.15) is 0 Å². The third-order valence-corrected chi connectivity index (χ3v) is 4.67. The van der Waals surface area contributed by atoms with Gasteiger partial charge in [-0.05, 0) is 25.5 Å². The van der Waals surface area contributed by atoms with Gasteiger partial charge in [0.15, 0.2) is 11.0 Å². The Morgan fingerprint density at radius 3 is 2.83 bits per heavy atom. The number of carbonyl (C=O) groups is 1. The zero-order valence-electron chi connectivity index (χ0n) is 13.0. The summed E-state index contributed by atoms with van der Waals surface area (Å²) in [6.07, 6.45) is 0.796. The Kier molecular flexibility index (Phi) is 6.44. The number of thioether (sulfide) groups is 1. The largest absolute Gasteiger partial charge is 0.385 e. The molecule has 0 saturated carbocycles. The molecule has 23 heavy (non-hydrogen) atoms. The van der Waals surface area contributed by atoms with E-state index in [9.17, 15) is 4.79 Å². The maximum absolute atomic E-state index is 11.3. The number of halogens is 1. The summed E-state index contributed by atoms with van der Waals surface area (Å²) in [6, 6.07) is 7.46. The van der Waals surface area contributed by atoms with E-state index in [0.717, 1.165) is 12.0 Å². The molecule has 0 radical (unpaired) electrons. The van der Waals surface area contributed by atoms with Gasteiger partial charge < -0.3 is 15.0 Å². The van der Waals surface area contributed by atoms with Crippen molar-refractivity contribution in [3.63, 3.8) is 0 Å². The Hall–Kier alpha value is -1.57. The van der Waals surface area contributed by atoms with Crippen LogP contribution in [-0.4, -0.2) is 39.6 Å². The second-order valence-electron chi connectivity index (χ2n) is 4.95. The van der Waals surface area contributed by atoms with Crippen LogP contribution in [0.15, 0.2) is 29.4 Å². The van der Waals surface area contributed by atoms with Crippen LogP contribution in [0.5, 0.6) is 0 Å². The standard InChI is InChI=1S/C15H19ClN4O2S/c1-10(13(17)21)23-15-19-18-14(20(15)8-5-9-22-2)11-6-3-4-7-12(11)16/h3-4,6-7,10H,5,8-9H2,1-2H3,(H2,17,21). The van der Waals surface area contributed by atoms with Gasteiger partial charge >= 0.3 is 0 Å². The summed E-state index contributed by atoms with van der Waals surface area (Å²) < 4.78 is 7.06. The van der Waals surface area contributed by atoms with Gasteiger partial charge in [0.25, 0.3) is 0 Å². The number of carbonyl (C=O) groups excluding carboxylic acids is 1. The zero-order valence-corrected chi connectivity index (χ0v) is 14.6. The highest BCUT2D eigenvalue weighted by molar-refractivity contribution is 8.00. The topological polar surface area (TPSA) is 83.0 Å². The molecule has 2 aromatic rings. The molecule has 1 heterocycles. The van der Waals surface area contributed by atoms with Gasteiger partial charge in [-0.3, -0.25) is 4.79 Å². The molecule has 0 aliphatic carbocycles. The first kappa shape index (κ1) is 17.8. The van der Waals surface area contributed by atoms with Crippen molar-refractivity contribution >= 4 is 29.3 Å². The summed E-state index contributed by atoms with van der Waals surface area (Å²) in [5.74, 6) is 0.284. The van der Waals surface area contributed by atoms with Crippen molar-refractivity contribution in [1.29, 1.82) is 0 Å². The van der Waals surface area contributed by atoms with Gasteiger partial charge in [-0.25, -0.2) is 0 Å². The first-order chi connectivity index (χ1) is 11.0. The average molecular weight is 355 g/mol. The molecule has 124 valence electrons. The van der Waals surface area contributed by atoms with E-state index < -0.39 is 0 Å². The van der Waals surface area contributed by atoms with Crippen LogP contribution in [0, 0.1) is 0 Å². The van der Waals surface area contributed by atoms with Gasteiger partial charge in [0.2, 0.25) is 5.91 Å². The average Bonchev–Trinajstić information content (AvgIpc) is 2.90. The lowest BCUT2D eigenvalue weighted by Gasteiger charge is -2.12. The van der Waals surface area contributed by atoms with Crippen LogP contribution in [0.3, 0.4) is 0 Å². The molecule has 1 aromatic carbocycles. The predicted octanol–water partition coefficient (Wildman–Crippen LogP) is 2.60. The second kappa shape index (κ2) is 8.33. The predicted molar refractivity (Wildman–Crippen MR) is 91.5 cm³/mol. The molecule has 0 fully saturated rings. The van der Waals surface area contributed by atoms with Gasteiger partial charge in [0, 0.05) is 25.8 Å². The molecular formula is C15H19ClN4O2S. The number of benzene rings is 1. The molecule has 0 spiro atoms. The lowest BCUT2D eigenvalue weighted by atomic mass is 10.2. The van der Waals surface area contributed by atoms with Gasteiger partial charge in [-0.15, -0.1) is 10.2 Å². The number of ether oxygens (including phenoxy) is 1. The Morgan fingerprint density at radius 1 is 1.43 bits per heavy atom. The maximum atomic E-state index is 11.3. The van der Waals surface area contributed by atoms with Crippen molar-refractivity contribution in [2.24, 2.45) is 5.73 Å². The normalized spacial score (nSPS) is 12.3. The number of hydrogen-bond donors (Lipinski definition) is 1. The molecule has 1 aromatic heterocycles. The van der Waals surface area contributed by atoms with Gasteiger partial charge in [-0.1, -0.05) is 35.5 Å². The summed E-state index contributed by atoms with van der Waals surface area (Å²) >= 11 is 7.56. The molecule has 1 amide bonds. The van der Waals surface area contributed by atoms with Crippen LogP contribution in [0.1, 0.15) is 13.3 Å². The quantitative estimate of drug-likeness (QED) is 0.582. The lowest BCUT2D eigenvalue weighted by Crippen LogP contribution is -2.23. The number of primary amides is 1. The van der Waals surface area contributed by atoms with E-state index >= 15 is 0 Å². The number of methoxy groups -OCH3 is 1. The first-order valence-electron chi connectivity index (χ1n) is 7.17. The van der Waals surface area contributed by atoms with Crippen LogP contribution in [0.4, 0.5) is 0 Å². The zero-order chi connectivity index (χ0) is 16.8. The fourth-order valence-electron chi connectivity index (χ4n) is 2.00. The summed E-state index contributed by atoms with van der Waals surface area (Å²) in [6.45, 7) is 3.03. The highest BCUT2D eigenvalue weighted by atomic mass is 35.5. The van der Waals surface area contributed by atoms with E-state index in [2.05, 4.69) is 10.2 Å². The minimum absolute atomic E-state index is 0.388. The first-order valence-corrected chi connectivity index (χ1v) is 8.43. The van der Waals surface area contributed by atoms with Crippen molar-refractivity contribution in [2.45, 2.75) is 30.3 Å². The van der Waals surface area contributed by atoms with Crippen molar-refractivity contribution in [2.75, 3.05) is 13.7 Å². The Bertz CT molecular complexity index is 677. The SMILES string of the molecule is COCCCn1c(SC(C)C(N)=O)nnc1-c1ccccc1Cl. The molecular weight excluding hydrogens is 336 g/mol. The van der Waals surface area contributed by atoms with Crippen LogP contribution in [0.25, 0.3) is 11.4 Å². The molecule has 0 aliphatic rings. The lowest BCUT2D eigenvalue weighted by molar-refractivity contribution is -0.117. The summed E-state index contributed by atoms with van der Waals surface area (Å²) in [4.78, 5) is 11.3. The van der Waals surface area contributed by atoms with E-state index in [-0.39, 0.29) is 11.2 Å². The number of aromatic nitrogens is 3. The number of nitrogens with zero attached hydrogens (tertiary/aromatic N) is 3. The van der Waals surface area contributed by atoms with Gasteiger partial charge in [-0.2, -0.15) is 0 Å². The maximum Gasteiger partial charge on any atom is 0.230 e. The third-order valence-electron chi connectivity index (χ3n) is 3.24. The number of amides is 1. The second-order valence-corrected chi connectivity index (χ2v) is 6.66. The highest BCUT2D eigenvalue weighted by Gasteiger charge is 2.20. The molecule has 1 unspecified atom stereocenters. The van der Waals surface area contributed by atoms with Crippen LogP contribution in [0.2, 0.25) is 5.02 Å². The third kappa shape index (κ3) is 4.46. The van der Waals surface area contributed by atoms with Crippen molar-refractivity contribution in [3.05, 3.63) is 29.3 Å². The van der Waals surface area contributed by atoms with Crippen molar-refractivity contribution < 1.29 is 9.53 Å². The summed E-state index contributed by atoms with van der Waals surface area (Å²) in [5, 5.41) is 9.31.